The van der Waals surface area contributed by atoms with Crippen LogP contribution in [0.5, 0.6) is 0 Å². The Balaban J connectivity index is 1.01. The summed E-state index contributed by atoms with van der Waals surface area (Å²) in [5.41, 5.74) is 6.86. The van der Waals surface area contributed by atoms with Crippen LogP contribution >= 0.6 is 11.3 Å². The summed E-state index contributed by atoms with van der Waals surface area (Å²) in [5, 5.41) is 23.3. The van der Waals surface area contributed by atoms with Crippen LogP contribution in [0, 0.1) is 12.3 Å². The number of rotatable bonds is 21. The smallest absolute Gasteiger partial charge is 0.329 e. The highest BCUT2D eigenvalue weighted by molar-refractivity contribution is 7.17. The van der Waals surface area contributed by atoms with Gasteiger partial charge in [-0.3, -0.25) is 9.59 Å². The molecule has 2 aromatic heterocycles. The quantitative estimate of drug-likeness (QED) is 0.0625. The number of aliphatic carboxylic acids is 1. The van der Waals surface area contributed by atoms with Crippen LogP contribution in [0.4, 0.5) is 10.7 Å². The van der Waals surface area contributed by atoms with Crippen molar-refractivity contribution in [3.63, 3.8) is 0 Å². The Hall–Kier alpha value is -5.25. The summed E-state index contributed by atoms with van der Waals surface area (Å²) in [6.45, 7) is 8.14. The number of fused-ring (bicyclic) bond motifs is 1. The van der Waals surface area contributed by atoms with Gasteiger partial charge >= 0.3 is 5.97 Å². The highest BCUT2D eigenvalue weighted by atomic mass is 32.1. The summed E-state index contributed by atoms with van der Waals surface area (Å²) >= 11 is 1.49. The fourth-order valence-corrected chi connectivity index (χ4v) is 8.08. The number of benzene rings is 3. The molecule has 0 bridgehead atoms. The largest absolute Gasteiger partial charge is 0.480 e. The summed E-state index contributed by atoms with van der Waals surface area (Å²) in [5.74, 6) is -0.506. The minimum atomic E-state index is -1.02. The maximum atomic E-state index is 14.0. The van der Waals surface area contributed by atoms with E-state index in [2.05, 4.69) is 46.8 Å². The number of ether oxygens (including phenoxy) is 4. The van der Waals surface area contributed by atoms with Crippen molar-refractivity contribution in [2.45, 2.75) is 59.5 Å². The van der Waals surface area contributed by atoms with E-state index in [0.717, 1.165) is 59.2 Å². The average molecular weight is 811 g/mol. The lowest BCUT2D eigenvalue weighted by Crippen LogP contribution is -2.23. The first-order valence-corrected chi connectivity index (χ1v) is 20.2. The first kappa shape index (κ1) is 42.4. The minimum absolute atomic E-state index is 0.102. The molecule has 0 saturated carbocycles. The van der Waals surface area contributed by atoms with Gasteiger partial charge in [-0.1, -0.05) is 50.2 Å². The fraction of sp³-hybridized carbons (Fsp3) is 0.386. The maximum Gasteiger partial charge on any atom is 0.329 e. The number of aromatic nitrogens is 2. The second kappa shape index (κ2) is 20.4. The molecule has 1 aliphatic carbocycles. The summed E-state index contributed by atoms with van der Waals surface area (Å²) in [6.07, 6.45) is 4.25. The summed E-state index contributed by atoms with van der Waals surface area (Å²) in [7, 11) is 0. The number of anilines is 2. The molecule has 306 valence electrons. The average Bonchev–Trinajstić information content (AvgIpc) is 3.80. The van der Waals surface area contributed by atoms with E-state index in [0.29, 0.717) is 66.6 Å². The van der Waals surface area contributed by atoms with Crippen molar-refractivity contribution in [2.24, 2.45) is 5.41 Å². The van der Waals surface area contributed by atoms with Gasteiger partial charge in [-0.2, -0.15) is 0 Å². The molecule has 0 spiro atoms. The number of nitrogens with zero attached hydrogens (tertiary/aromatic N) is 2. The van der Waals surface area contributed by atoms with E-state index < -0.39 is 5.97 Å². The number of carbonyl (C=O) groups is 3. The van der Waals surface area contributed by atoms with Crippen molar-refractivity contribution >= 4 is 39.8 Å². The molecule has 3 aromatic carbocycles. The Morgan fingerprint density at radius 2 is 1.45 bits per heavy atom. The standard InChI is InChI=1S/C44H50N4O9S/c1-29-47-48-42(57-29)33-13-9-30(10-14-33)7-8-31-11-15-35(16-12-31)45-41(52)39-36-17-18-44(2,3)26-37(36)58-43(39)46-40(51)34-6-4-5-32(25-34)27-55-23-21-53-19-20-54-22-24-56-28-38(49)50/h4-6,9-16,25H,7-8,17-24,26-28H2,1-3H3,(H,45,52)(H,46,51)(H,49,50). The van der Waals surface area contributed by atoms with Crippen molar-refractivity contribution in [2.75, 3.05) is 56.9 Å². The zero-order chi connectivity index (χ0) is 40.9. The number of nitrogens with one attached hydrogen (secondary N) is 2. The molecule has 0 atom stereocenters. The van der Waals surface area contributed by atoms with Crippen molar-refractivity contribution in [3.05, 3.63) is 117 Å². The Morgan fingerprint density at radius 1 is 0.793 bits per heavy atom. The monoisotopic (exact) mass is 810 g/mol. The van der Waals surface area contributed by atoms with Crippen LogP contribution < -0.4 is 10.6 Å². The number of hydrogen-bond acceptors (Lipinski definition) is 11. The number of amides is 2. The van der Waals surface area contributed by atoms with E-state index >= 15 is 0 Å². The number of thiophene rings is 1. The van der Waals surface area contributed by atoms with Gasteiger partial charge in [0.15, 0.2) is 0 Å². The zero-order valence-corrected chi connectivity index (χ0v) is 34.0. The minimum Gasteiger partial charge on any atom is -0.480 e. The van der Waals surface area contributed by atoms with Gasteiger partial charge in [-0.05, 0) is 96.2 Å². The molecule has 5 aromatic rings. The van der Waals surface area contributed by atoms with Crippen molar-refractivity contribution in [3.8, 4) is 11.5 Å². The van der Waals surface area contributed by atoms with Gasteiger partial charge in [0.2, 0.25) is 11.8 Å². The summed E-state index contributed by atoms with van der Waals surface area (Å²) in [6, 6.07) is 23.3. The van der Waals surface area contributed by atoms with Gasteiger partial charge in [0, 0.05) is 28.6 Å². The number of hydrogen-bond donors (Lipinski definition) is 3. The second-order valence-corrected chi connectivity index (χ2v) is 16.0. The number of carboxylic acid groups (broad SMARTS) is 1. The van der Waals surface area contributed by atoms with E-state index in [1.807, 2.05) is 48.5 Å². The highest BCUT2D eigenvalue weighted by Crippen LogP contribution is 2.44. The Morgan fingerprint density at radius 3 is 2.10 bits per heavy atom. The Kier molecular flexibility index (Phi) is 14.9. The number of aryl methyl sites for hydroxylation is 3. The molecular formula is C44H50N4O9S. The third-order valence-electron chi connectivity index (χ3n) is 9.68. The summed E-state index contributed by atoms with van der Waals surface area (Å²) in [4.78, 5) is 39.2. The van der Waals surface area contributed by atoms with E-state index in [1.54, 1.807) is 19.1 Å². The van der Waals surface area contributed by atoms with E-state index in [1.165, 1.54) is 16.9 Å². The maximum absolute atomic E-state index is 14.0. The van der Waals surface area contributed by atoms with Crippen molar-refractivity contribution < 1.29 is 42.9 Å². The van der Waals surface area contributed by atoms with Gasteiger partial charge < -0.3 is 39.1 Å². The van der Waals surface area contributed by atoms with Crippen molar-refractivity contribution in [1.82, 2.24) is 10.2 Å². The SMILES string of the molecule is Cc1nnc(-c2ccc(CCc3ccc(NC(=O)c4c(NC(=O)c5cccc(COCCOCCOCCOCC(=O)O)c5)sc5c4CCC(C)(C)C5)cc3)cc2)o1. The normalized spacial score (nSPS) is 13.2. The first-order chi connectivity index (χ1) is 28.0. The van der Waals surface area contributed by atoms with Crippen LogP contribution in [0.3, 0.4) is 0 Å². The predicted octanol–water partition coefficient (Wildman–Crippen LogP) is 7.56. The van der Waals surface area contributed by atoms with E-state index in [9.17, 15) is 14.4 Å². The van der Waals surface area contributed by atoms with Gasteiger partial charge in [0.05, 0.1) is 51.8 Å². The fourth-order valence-electron chi connectivity index (χ4n) is 6.58. The van der Waals surface area contributed by atoms with Gasteiger partial charge in [-0.25, -0.2) is 4.79 Å². The molecule has 14 heteroatoms. The number of carboxylic acids is 1. The summed E-state index contributed by atoms with van der Waals surface area (Å²) < 4.78 is 27.1. The molecule has 0 radical (unpaired) electrons. The molecule has 1 aliphatic rings. The molecule has 13 nitrogen and oxygen atoms in total. The van der Waals surface area contributed by atoms with E-state index in [4.69, 9.17) is 28.5 Å². The zero-order valence-electron chi connectivity index (χ0n) is 33.1. The lowest BCUT2D eigenvalue weighted by Gasteiger charge is -2.29. The van der Waals surface area contributed by atoms with Crippen LogP contribution in [0.15, 0.2) is 77.2 Å². The van der Waals surface area contributed by atoms with Crippen LogP contribution in [0.2, 0.25) is 0 Å². The van der Waals surface area contributed by atoms with Gasteiger partial charge in [0.1, 0.15) is 11.6 Å². The number of carbonyl (C=O) groups excluding carboxylic acids is 2. The van der Waals surface area contributed by atoms with Crippen LogP contribution in [0.25, 0.3) is 11.5 Å². The van der Waals surface area contributed by atoms with Crippen LogP contribution in [-0.4, -0.2) is 79.3 Å². The highest BCUT2D eigenvalue weighted by Gasteiger charge is 2.33. The lowest BCUT2D eigenvalue weighted by molar-refractivity contribution is -0.142. The molecule has 6 rings (SSSR count). The molecule has 0 fully saturated rings. The predicted molar refractivity (Wildman–Crippen MR) is 221 cm³/mol. The van der Waals surface area contributed by atoms with Gasteiger partial charge in [-0.15, -0.1) is 21.5 Å². The molecule has 0 aliphatic heterocycles. The molecule has 2 amide bonds. The van der Waals surface area contributed by atoms with Crippen LogP contribution in [0.1, 0.15) is 74.0 Å². The Bertz CT molecular complexity index is 2140. The third-order valence-corrected chi connectivity index (χ3v) is 10.8. The van der Waals surface area contributed by atoms with Crippen LogP contribution in [-0.2, 0) is 56.0 Å². The second-order valence-electron chi connectivity index (χ2n) is 14.9. The van der Waals surface area contributed by atoms with Crippen molar-refractivity contribution in [1.29, 1.82) is 0 Å². The topological polar surface area (TPSA) is 171 Å². The third kappa shape index (κ3) is 12.4. The molecule has 3 N–H and O–H groups in total. The molecule has 0 unspecified atom stereocenters. The molecule has 58 heavy (non-hydrogen) atoms. The first-order valence-electron chi connectivity index (χ1n) is 19.4. The van der Waals surface area contributed by atoms with Gasteiger partial charge in [0.25, 0.3) is 11.8 Å². The Labute approximate surface area is 342 Å². The molecular weight excluding hydrogens is 761 g/mol. The lowest BCUT2D eigenvalue weighted by atomic mass is 9.77. The van der Waals surface area contributed by atoms with E-state index in [-0.39, 0.29) is 37.0 Å². The molecule has 2 heterocycles. The molecule has 0 saturated heterocycles.